The van der Waals surface area contributed by atoms with Gasteiger partial charge in [0.05, 0.1) is 26.1 Å². The highest BCUT2D eigenvalue weighted by Crippen LogP contribution is 2.21. The Morgan fingerprint density at radius 2 is 2.00 bits per heavy atom. The van der Waals surface area contributed by atoms with E-state index in [1.807, 2.05) is 24.3 Å². The molecule has 6 nitrogen and oxygen atoms in total. The van der Waals surface area contributed by atoms with Gasteiger partial charge in [-0.2, -0.15) is 0 Å². The van der Waals surface area contributed by atoms with Gasteiger partial charge in [-0.1, -0.05) is 6.07 Å². The first-order chi connectivity index (χ1) is 9.71. The normalized spacial score (nSPS) is 9.70. The minimum absolute atomic E-state index is 0.424. The Morgan fingerprint density at radius 1 is 1.15 bits per heavy atom. The summed E-state index contributed by atoms with van der Waals surface area (Å²) >= 11 is 0. The molecule has 2 rings (SSSR count). The van der Waals surface area contributed by atoms with Crippen molar-refractivity contribution in [2.45, 2.75) is 0 Å². The molecule has 0 aliphatic carbocycles. The Hall–Kier alpha value is -2.76. The van der Waals surface area contributed by atoms with E-state index in [4.69, 9.17) is 4.74 Å². The fraction of sp³-hybridized carbons (Fsp3) is 0.143. The maximum Gasteiger partial charge on any atom is 0.412 e. The van der Waals surface area contributed by atoms with Crippen LogP contribution in [0.5, 0.6) is 5.75 Å². The van der Waals surface area contributed by atoms with E-state index >= 15 is 0 Å². The van der Waals surface area contributed by atoms with Crippen LogP contribution in [0.3, 0.4) is 0 Å². The van der Waals surface area contributed by atoms with Crippen molar-refractivity contribution in [1.29, 1.82) is 0 Å². The molecule has 6 heteroatoms. The van der Waals surface area contributed by atoms with Gasteiger partial charge in [0.15, 0.2) is 0 Å². The van der Waals surface area contributed by atoms with Gasteiger partial charge >= 0.3 is 6.09 Å². The van der Waals surface area contributed by atoms with Crippen LogP contribution in [0.15, 0.2) is 42.6 Å². The second-order valence-electron chi connectivity index (χ2n) is 3.91. The predicted molar refractivity (Wildman–Crippen MR) is 76.5 cm³/mol. The van der Waals surface area contributed by atoms with Crippen LogP contribution in [0, 0.1) is 0 Å². The lowest BCUT2D eigenvalue weighted by Gasteiger charge is -2.08. The van der Waals surface area contributed by atoms with E-state index in [0.29, 0.717) is 5.82 Å². The van der Waals surface area contributed by atoms with Crippen molar-refractivity contribution >= 4 is 23.3 Å². The molecule has 0 fully saturated rings. The second kappa shape index (κ2) is 6.42. The zero-order valence-electron chi connectivity index (χ0n) is 11.2. The van der Waals surface area contributed by atoms with Gasteiger partial charge in [-0.25, -0.2) is 9.78 Å². The molecule has 1 aromatic carbocycles. The number of methoxy groups -OCH3 is 2. The van der Waals surface area contributed by atoms with Crippen LogP contribution in [-0.4, -0.2) is 25.3 Å². The van der Waals surface area contributed by atoms with E-state index in [2.05, 4.69) is 20.4 Å². The Kier molecular flexibility index (Phi) is 4.39. The standard InChI is InChI=1S/C14H15N3O3/c1-19-12-5-3-4-10(8-12)16-11-6-7-13(15-9-11)17-14(18)20-2/h3-9,16H,1-2H3,(H,15,17,18). The molecule has 1 heterocycles. The molecule has 0 saturated heterocycles. The molecule has 0 spiro atoms. The monoisotopic (exact) mass is 273 g/mol. The number of hydrogen-bond acceptors (Lipinski definition) is 5. The Morgan fingerprint density at radius 3 is 2.65 bits per heavy atom. The lowest BCUT2D eigenvalue weighted by atomic mass is 10.3. The van der Waals surface area contributed by atoms with Crippen molar-refractivity contribution in [2.24, 2.45) is 0 Å². The predicted octanol–water partition coefficient (Wildman–Crippen LogP) is 3.01. The minimum Gasteiger partial charge on any atom is -0.497 e. The number of amides is 1. The molecule has 1 amide bonds. The van der Waals surface area contributed by atoms with E-state index in [-0.39, 0.29) is 0 Å². The Bertz CT molecular complexity index is 584. The first-order valence-corrected chi connectivity index (χ1v) is 5.93. The molecular formula is C14H15N3O3. The Balaban J connectivity index is 2.04. The van der Waals surface area contributed by atoms with Gasteiger partial charge in [-0.3, -0.25) is 5.32 Å². The van der Waals surface area contributed by atoms with E-state index in [1.165, 1.54) is 7.11 Å². The van der Waals surface area contributed by atoms with Crippen LogP contribution in [0.25, 0.3) is 0 Å². The van der Waals surface area contributed by atoms with E-state index < -0.39 is 6.09 Å². The SMILES string of the molecule is COC(=O)Nc1ccc(Nc2cccc(OC)c2)cn1. The van der Waals surface area contributed by atoms with Gasteiger partial charge in [-0.05, 0) is 24.3 Å². The third-order valence-corrected chi connectivity index (χ3v) is 2.54. The Labute approximate surface area is 116 Å². The molecule has 0 saturated carbocycles. The van der Waals surface area contributed by atoms with Crippen molar-refractivity contribution in [3.05, 3.63) is 42.6 Å². The lowest BCUT2D eigenvalue weighted by molar-refractivity contribution is 0.187. The fourth-order valence-corrected chi connectivity index (χ4v) is 1.56. The number of benzene rings is 1. The number of rotatable bonds is 4. The van der Waals surface area contributed by atoms with Crippen LogP contribution >= 0.6 is 0 Å². The van der Waals surface area contributed by atoms with Gasteiger partial charge in [0.1, 0.15) is 11.6 Å². The summed E-state index contributed by atoms with van der Waals surface area (Å²) in [6.45, 7) is 0. The summed E-state index contributed by atoms with van der Waals surface area (Å²) in [6, 6.07) is 11.0. The molecule has 2 aromatic rings. The maximum absolute atomic E-state index is 11.0. The van der Waals surface area contributed by atoms with E-state index in [1.54, 1.807) is 25.4 Å². The molecule has 0 atom stereocenters. The molecule has 2 N–H and O–H groups in total. The average Bonchev–Trinajstić information content (AvgIpc) is 2.49. The second-order valence-corrected chi connectivity index (χ2v) is 3.91. The van der Waals surface area contributed by atoms with Crippen LogP contribution in [0.2, 0.25) is 0 Å². The number of nitrogens with zero attached hydrogens (tertiary/aromatic N) is 1. The van der Waals surface area contributed by atoms with Gasteiger partial charge in [0, 0.05) is 11.8 Å². The lowest BCUT2D eigenvalue weighted by Crippen LogP contribution is -2.11. The fourth-order valence-electron chi connectivity index (χ4n) is 1.56. The summed E-state index contributed by atoms with van der Waals surface area (Å²) in [5, 5.41) is 5.67. The van der Waals surface area contributed by atoms with Gasteiger partial charge in [0.25, 0.3) is 0 Å². The average molecular weight is 273 g/mol. The summed E-state index contributed by atoms with van der Waals surface area (Å²) in [6.07, 6.45) is 1.07. The highest BCUT2D eigenvalue weighted by molar-refractivity contribution is 5.83. The topological polar surface area (TPSA) is 72.5 Å². The van der Waals surface area contributed by atoms with Crippen molar-refractivity contribution in [3.8, 4) is 5.75 Å². The van der Waals surface area contributed by atoms with Gasteiger partial charge in [0.2, 0.25) is 0 Å². The van der Waals surface area contributed by atoms with Crippen LogP contribution in [-0.2, 0) is 4.74 Å². The molecule has 0 bridgehead atoms. The van der Waals surface area contributed by atoms with E-state index in [9.17, 15) is 4.79 Å². The first-order valence-electron chi connectivity index (χ1n) is 5.93. The molecule has 0 aliphatic heterocycles. The van der Waals surface area contributed by atoms with E-state index in [0.717, 1.165) is 17.1 Å². The molecule has 0 unspecified atom stereocenters. The largest absolute Gasteiger partial charge is 0.497 e. The maximum atomic E-state index is 11.0. The summed E-state index contributed by atoms with van der Waals surface area (Å²) in [5.41, 5.74) is 1.69. The highest BCUT2D eigenvalue weighted by Gasteiger charge is 2.02. The molecule has 1 aromatic heterocycles. The summed E-state index contributed by atoms with van der Waals surface area (Å²) in [7, 11) is 2.92. The summed E-state index contributed by atoms with van der Waals surface area (Å²) < 4.78 is 9.64. The minimum atomic E-state index is -0.550. The third kappa shape index (κ3) is 3.61. The number of hydrogen-bond donors (Lipinski definition) is 2. The zero-order valence-corrected chi connectivity index (χ0v) is 11.2. The molecule has 0 aliphatic rings. The van der Waals surface area contributed by atoms with Crippen LogP contribution < -0.4 is 15.4 Å². The zero-order chi connectivity index (χ0) is 14.4. The number of anilines is 3. The number of nitrogens with one attached hydrogen (secondary N) is 2. The number of carbonyl (C=O) groups is 1. The number of carbonyl (C=O) groups excluding carboxylic acids is 1. The smallest absolute Gasteiger partial charge is 0.412 e. The molecule has 20 heavy (non-hydrogen) atoms. The van der Waals surface area contributed by atoms with Gasteiger partial charge in [-0.15, -0.1) is 0 Å². The number of ether oxygens (including phenoxy) is 2. The molecule has 0 radical (unpaired) electrons. The van der Waals surface area contributed by atoms with Crippen molar-refractivity contribution in [2.75, 3.05) is 24.9 Å². The molecular weight excluding hydrogens is 258 g/mol. The van der Waals surface area contributed by atoms with Crippen molar-refractivity contribution in [1.82, 2.24) is 4.98 Å². The highest BCUT2D eigenvalue weighted by atomic mass is 16.5. The number of pyridine rings is 1. The first kappa shape index (κ1) is 13.7. The summed E-state index contributed by atoms with van der Waals surface area (Å²) in [4.78, 5) is 15.1. The van der Waals surface area contributed by atoms with Crippen molar-refractivity contribution in [3.63, 3.8) is 0 Å². The quantitative estimate of drug-likeness (QED) is 0.895. The molecule has 104 valence electrons. The third-order valence-electron chi connectivity index (χ3n) is 2.54. The van der Waals surface area contributed by atoms with Crippen LogP contribution in [0.1, 0.15) is 0 Å². The number of aromatic nitrogens is 1. The summed E-state index contributed by atoms with van der Waals surface area (Å²) in [5.74, 6) is 1.19. The van der Waals surface area contributed by atoms with Crippen molar-refractivity contribution < 1.29 is 14.3 Å². The van der Waals surface area contributed by atoms with Gasteiger partial charge < -0.3 is 14.8 Å². The van der Waals surface area contributed by atoms with Crippen LogP contribution in [0.4, 0.5) is 22.0 Å².